The average Bonchev–Trinajstić information content (AvgIpc) is 2.67. The monoisotopic (exact) mass is 331 g/mol. The topological polar surface area (TPSA) is 52.6 Å². The third kappa shape index (κ3) is 3.69. The molecule has 0 N–H and O–H groups in total. The molecule has 0 spiro atoms. The minimum absolute atomic E-state index is 0.0412. The highest BCUT2D eigenvalue weighted by Gasteiger charge is 2.26. The number of piperidine rings is 1. The van der Waals surface area contributed by atoms with E-state index in [9.17, 15) is 4.79 Å². The summed E-state index contributed by atoms with van der Waals surface area (Å²) in [4.78, 5) is 28.4. The molecule has 24 heavy (non-hydrogen) atoms. The summed E-state index contributed by atoms with van der Waals surface area (Å²) in [5, 5.41) is 0. The van der Waals surface area contributed by atoms with Crippen LogP contribution in [0.15, 0.2) is 12.3 Å². The molecule has 0 radical (unpaired) electrons. The minimum Gasteiger partial charge on any atom is -0.338 e. The normalized spacial score (nSPS) is 22.7. The van der Waals surface area contributed by atoms with Crippen LogP contribution in [-0.4, -0.2) is 71.0 Å². The maximum absolute atomic E-state index is 12.8. The Hall–Kier alpha value is -1.69. The van der Waals surface area contributed by atoms with Gasteiger partial charge in [0.15, 0.2) is 0 Å². The minimum atomic E-state index is 0.0412. The summed E-state index contributed by atoms with van der Waals surface area (Å²) in [6.45, 7) is 9.88. The fraction of sp³-hybridized carbons (Fsp3) is 0.722. The summed E-state index contributed by atoms with van der Waals surface area (Å²) in [5.41, 5.74) is 0.533. The van der Waals surface area contributed by atoms with Crippen LogP contribution in [0.5, 0.6) is 0 Å². The van der Waals surface area contributed by atoms with E-state index in [1.54, 1.807) is 12.3 Å². The van der Waals surface area contributed by atoms with Gasteiger partial charge in [-0.2, -0.15) is 0 Å². The van der Waals surface area contributed by atoms with E-state index in [1.165, 1.54) is 19.3 Å². The molecular weight excluding hydrogens is 302 g/mol. The van der Waals surface area contributed by atoms with Crippen molar-refractivity contribution in [3.05, 3.63) is 18.0 Å². The van der Waals surface area contributed by atoms with E-state index in [4.69, 9.17) is 0 Å². The lowest BCUT2D eigenvalue weighted by Gasteiger charge is -2.36. The van der Waals surface area contributed by atoms with Crippen molar-refractivity contribution in [2.75, 3.05) is 44.2 Å². The number of rotatable bonds is 4. The molecule has 1 unspecified atom stereocenters. The van der Waals surface area contributed by atoms with E-state index < -0.39 is 0 Å². The van der Waals surface area contributed by atoms with Crippen LogP contribution < -0.4 is 4.90 Å². The van der Waals surface area contributed by atoms with Crippen molar-refractivity contribution in [2.24, 2.45) is 0 Å². The highest BCUT2D eigenvalue weighted by atomic mass is 16.2. The summed E-state index contributed by atoms with van der Waals surface area (Å²) in [6.07, 6.45) is 6.48. The Labute approximate surface area is 144 Å². The predicted molar refractivity (Wildman–Crippen MR) is 95.3 cm³/mol. The quantitative estimate of drug-likeness (QED) is 0.845. The van der Waals surface area contributed by atoms with Crippen LogP contribution in [0.4, 0.5) is 5.95 Å². The smallest absolute Gasteiger partial charge is 0.272 e. The van der Waals surface area contributed by atoms with Gasteiger partial charge >= 0.3 is 0 Å². The highest BCUT2D eigenvalue weighted by molar-refractivity contribution is 5.92. The second kappa shape index (κ2) is 7.92. The fourth-order valence-electron chi connectivity index (χ4n) is 3.72. The molecule has 1 atom stereocenters. The maximum Gasteiger partial charge on any atom is 0.272 e. The first kappa shape index (κ1) is 17.1. The van der Waals surface area contributed by atoms with Crippen LogP contribution in [0.2, 0.25) is 0 Å². The van der Waals surface area contributed by atoms with E-state index in [0.29, 0.717) is 11.7 Å². The molecule has 6 nitrogen and oxygen atoms in total. The zero-order chi connectivity index (χ0) is 16.9. The molecule has 1 aromatic heterocycles. The van der Waals surface area contributed by atoms with Crippen molar-refractivity contribution in [2.45, 2.75) is 45.6 Å². The fourth-order valence-corrected chi connectivity index (χ4v) is 3.72. The number of hydrogen-bond donors (Lipinski definition) is 0. The molecule has 3 heterocycles. The van der Waals surface area contributed by atoms with Crippen LogP contribution in [0.3, 0.4) is 0 Å². The molecule has 0 saturated carbocycles. The van der Waals surface area contributed by atoms with Crippen molar-refractivity contribution < 1.29 is 4.79 Å². The Morgan fingerprint density at radius 1 is 1.17 bits per heavy atom. The van der Waals surface area contributed by atoms with Gasteiger partial charge in [0.1, 0.15) is 5.69 Å². The van der Waals surface area contributed by atoms with E-state index >= 15 is 0 Å². The predicted octanol–water partition coefficient (Wildman–Crippen LogP) is 2.02. The third-order valence-electron chi connectivity index (χ3n) is 5.32. The Bertz CT molecular complexity index is 556. The number of hydrogen-bond acceptors (Lipinski definition) is 5. The Kier molecular flexibility index (Phi) is 5.66. The number of piperazine rings is 1. The first-order valence-corrected chi connectivity index (χ1v) is 9.34. The zero-order valence-corrected chi connectivity index (χ0v) is 14.9. The van der Waals surface area contributed by atoms with Crippen molar-refractivity contribution in [3.63, 3.8) is 0 Å². The van der Waals surface area contributed by atoms with Crippen LogP contribution in [0.1, 0.15) is 50.0 Å². The van der Waals surface area contributed by atoms with Gasteiger partial charge in [0.2, 0.25) is 5.95 Å². The van der Waals surface area contributed by atoms with Crippen LogP contribution in [0, 0.1) is 0 Å². The second-order valence-corrected chi connectivity index (χ2v) is 6.72. The Balaban J connectivity index is 1.71. The van der Waals surface area contributed by atoms with Crippen LogP contribution in [-0.2, 0) is 0 Å². The lowest BCUT2D eigenvalue weighted by molar-refractivity contribution is 0.0637. The largest absolute Gasteiger partial charge is 0.338 e. The molecule has 0 aliphatic carbocycles. The molecule has 1 aromatic rings. The SMILES string of the molecule is CCC1CCCCN1c1nccc(C(=O)N2CCN(CC)CC2)n1. The lowest BCUT2D eigenvalue weighted by Crippen LogP contribution is -2.48. The van der Waals surface area contributed by atoms with Crippen molar-refractivity contribution in [3.8, 4) is 0 Å². The molecule has 2 saturated heterocycles. The van der Waals surface area contributed by atoms with Gasteiger partial charge in [-0.15, -0.1) is 0 Å². The van der Waals surface area contributed by atoms with Gasteiger partial charge in [-0.1, -0.05) is 13.8 Å². The molecule has 2 aliphatic rings. The third-order valence-corrected chi connectivity index (χ3v) is 5.32. The number of anilines is 1. The first-order valence-electron chi connectivity index (χ1n) is 9.34. The van der Waals surface area contributed by atoms with Gasteiger partial charge in [0, 0.05) is 45.0 Å². The summed E-state index contributed by atoms with van der Waals surface area (Å²) < 4.78 is 0. The lowest BCUT2D eigenvalue weighted by atomic mass is 10.0. The maximum atomic E-state index is 12.8. The Morgan fingerprint density at radius 2 is 1.96 bits per heavy atom. The van der Waals surface area contributed by atoms with Crippen LogP contribution >= 0.6 is 0 Å². The number of carbonyl (C=O) groups excluding carboxylic acids is 1. The van der Waals surface area contributed by atoms with Gasteiger partial charge in [0.05, 0.1) is 0 Å². The molecule has 6 heteroatoms. The molecule has 0 aromatic carbocycles. The standard InChI is InChI=1S/C18H29N5O/c1-3-15-7-5-6-10-23(15)18-19-9-8-16(20-18)17(24)22-13-11-21(4-2)12-14-22/h8-9,15H,3-7,10-14H2,1-2H3. The number of carbonyl (C=O) groups is 1. The van der Waals surface area contributed by atoms with Gasteiger partial charge in [-0.3, -0.25) is 4.79 Å². The molecular formula is C18H29N5O. The summed E-state index contributed by atoms with van der Waals surface area (Å²) in [5.74, 6) is 0.763. The molecule has 2 fully saturated rings. The molecule has 1 amide bonds. The van der Waals surface area contributed by atoms with Crippen LogP contribution in [0.25, 0.3) is 0 Å². The van der Waals surface area contributed by atoms with E-state index in [2.05, 4.69) is 33.6 Å². The highest BCUT2D eigenvalue weighted by Crippen LogP contribution is 2.23. The van der Waals surface area contributed by atoms with E-state index in [-0.39, 0.29) is 5.91 Å². The van der Waals surface area contributed by atoms with Gasteiger partial charge < -0.3 is 14.7 Å². The number of amides is 1. The van der Waals surface area contributed by atoms with Crippen molar-refractivity contribution in [1.29, 1.82) is 0 Å². The van der Waals surface area contributed by atoms with Crippen molar-refractivity contribution in [1.82, 2.24) is 19.8 Å². The summed E-state index contributed by atoms with van der Waals surface area (Å²) >= 11 is 0. The molecule has 0 bridgehead atoms. The first-order chi connectivity index (χ1) is 11.7. The molecule has 3 rings (SSSR count). The second-order valence-electron chi connectivity index (χ2n) is 6.72. The number of likely N-dealkylation sites (N-methyl/N-ethyl adjacent to an activating group) is 1. The molecule has 132 valence electrons. The van der Waals surface area contributed by atoms with Gasteiger partial charge in [-0.05, 0) is 38.3 Å². The summed E-state index contributed by atoms with van der Waals surface area (Å²) in [6, 6.07) is 2.25. The zero-order valence-electron chi connectivity index (χ0n) is 14.9. The number of nitrogens with zero attached hydrogens (tertiary/aromatic N) is 5. The van der Waals surface area contributed by atoms with E-state index in [0.717, 1.165) is 51.6 Å². The average molecular weight is 331 g/mol. The van der Waals surface area contributed by atoms with Gasteiger partial charge in [-0.25, -0.2) is 9.97 Å². The van der Waals surface area contributed by atoms with E-state index in [1.807, 2.05) is 4.90 Å². The Morgan fingerprint density at radius 3 is 2.67 bits per heavy atom. The molecule has 2 aliphatic heterocycles. The number of aromatic nitrogens is 2. The van der Waals surface area contributed by atoms with Gasteiger partial charge in [0.25, 0.3) is 5.91 Å². The van der Waals surface area contributed by atoms with Crippen molar-refractivity contribution >= 4 is 11.9 Å². The summed E-state index contributed by atoms with van der Waals surface area (Å²) in [7, 11) is 0.